The van der Waals surface area contributed by atoms with Gasteiger partial charge >= 0.3 is 0 Å². The van der Waals surface area contributed by atoms with Gasteiger partial charge < -0.3 is 10.2 Å². The first-order chi connectivity index (χ1) is 14.6. The largest absolute Gasteiger partial charge is 0.341 e. The van der Waals surface area contributed by atoms with Crippen LogP contribution >= 0.6 is 23.1 Å². The highest BCUT2D eigenvalue weighted by Gasteiger charge is 2.32. The summed E-state index contributed by atoms with van der Waals surface area (Å²) in [5.74, 6) is 2.00. The lowest BCUT2D eigenvalue weighted by Crippen LogP contribution is -2.34. The molecular weight excluding hydrogens is 416 g/mol. The Hall–Kier alpha value is -2.13. The molecule has 1 amide bonds. The smallest absolute Gasteiger partial charge is 0.236 e. The van der Waals surface area contributed by atoms with E-state index in [-0.39, 0.29) is 5.91 Å². The van der Waals surface area contributed by atoms with Gasteiger partial charge in [-0.3, -0.25) is 9.36 Å². The molecule has 2 aromatic heterocycles. The molecule has 1 N–H and O–H groups in total. The molecule has 2 aliphatic rings. The van der Waals surface area contributed by atoms with Gasteiger partial charge in [0.1, 0.15) is 0 Å². The van der Waals surface area contributed by atoms with Gasteiger partial charge in [-0.25, -0.2) is 4.98 Å². The van der Waals surface area contributed by atoms with Crippen molar-refractivity contribution in [2.24, 2.45) is 5.92 Å². The van der Waals surface area contributed by atoms with E-state index >= 15 is 0 Å². The number of anilines is 2. The predicted molar refractivity (Wildman–Crippen MR) is 123 cm³/mol. The summed E-state index contributed by atoms with van der Waals surface area (Å²) in [4.78, 5) is 19.4. The maximum atomic E-state index is 12.5. The van der Waals surface area contributed by atoms with Crippen LogP contribution in [0.25, 0.3) is 10.2 Å². The van der Waals surface area contributed by atoms with Crippen molar-refractivity contribution < 1.29 is 4.79 Å². The van der Waals surface area contributed by atoms with Crippen LogP contribution < -0.4 is 10.2 Å². The van der Waals surface area contributed by atoms with Crippen molar-refractivity contribution in [1.29, 1.82) is 0 Å². The first-order valence-corrected chi connectivity index (χ1v) is 12.4. The predicted octanol–water partition coefficient (Wildman–Crippen LogP) is 4.50. The molecule has 0 unspecified atom stereocenters. The zero-order valence-electron chi connectivity index (χ0n) is 17.3. The molecule has 5 rings (SSSR count). The van der Waals surface area contributed by atoms with E-state index in [1.165, 1.54) is 54.3 Å². The first kappa shape index (κ1) is 19.8. The lowest BCUT2D eigenvalue weighted by atomic mass is 10.00. The number of aromatic nitrogens is 4. The number of thiazole rings is 1. The van der Waals surface area contributed by atoms with Gasteiger partial charge in [0.25, 0.3) is 0 Å². The summed E-state index contributed by atoms with van der Waals surface area (Å²) in [6, 6.07) is 6.60. The lowest BCUT2D eigenvalue weighted by Gasteiger charge is -2.31. The Morgan fingerprint density at radius 2 is 2.03 bits per heavy atom. The van der Waals surface area contributed by atoms with Crippen LogP contribution in [0.15, 0.2) is 23.4 Å². The van der Waals surface area contributed by atoms with Crippen LogP contribution in [0.2, 0.25) is 0 Å². The van der Waals surface area contributed by atoms with E-state index in [1.807, 2.05) is 12.1 Å². The molecule has 1 aliphatic carbocycles. The Balaban J connectivity index is 1.25. The third kappa shape index (κ3) is 4.18. The maximum Gasteiger partial charge on any atom is 0.236 e. The molecule has 158 valence electrons. The number of benzene rings is 1. The van der Waals surface area contributed by atoms with Crippen molar-refractivity contribution in [3.8, 4) is 0 Å². The molecule has 0 radical (unpaired) electrons. The topological polar surface area (TPSA) is 75.9 Å². The second-order valence-electron chi connectivity index (χ2n) is 8.38. The van der Waals surface area contributed by atoms with Gasteiger partial charge in [-0.2, -0.15) is 0 Å². The van der Waals surface area contributed by atoms with Gasteiger partial charge in [-0.15, -0.1) is 10.2 Å². The molecule has 1 aliphatic heterocycles. The fraction of sp³-hybridized carbons (Fsp3) is 0.524. The molecule has 3 aromatic rings. The molecule has 7 nitrogen and oxygen atoms in total. The summed E-state index contributed by atoms with van der Waals surface area (Å²) in [5.41, 5.74) is 2.11. The van der Waals surface area contributed by atoms with E-state index in [9.17, 15) is 4.79 Å². The number of nitrogens with zero attached hydrogens (tertiary/aromatic N) is 5. The third-order valence-electron chi connectivity index (χ3n) is 5.75. The van der Waals surface area contributed by atoms with Gasteiger partial charge in [0.2, 0.25) is 11.9 Å². The number of fused-ring (bicyclic) bond motifs is 1. The number of piperidine rings is 1. The number of aryl methyl sites for hydroxylation is 1. The van der Waals surface area contributed by atoms with E-state index < -0.39 is 0 Å². The van der Waals surface area contributed by atoms with Crippen molar-refractivity contribution in [2.45, 2.75) is 50.7 Å². The van der Waals surface area contributed by atoms with Crippen molar-refractivity contribution in [2.75, 3.05) is 29.1 Å². The number of rotatable bonds is 6. The Bertz CT molecular complexity index is 1060. The highest BCUT2D eigenvalue weighted by Crippen LogP contribution is 2.41. The Kier molecular flexibility index (Phi) is 5.41. The van der Waals surface area contributed by atoms with Crippen molar-refractivity contribution in [1.82, 2.24) is 19.7 Å². The van der Waals surface area contributed by atoms with Crippen LogP contribution in [-0.4, -0.2) is 44.5 Å². The molecule has 3 heterocycles. The van der Waals surface area contributed by atoms with Crippen LogP contribution in [0.3, 0.4) is 0 Å². The number of nitrogens with one attached hydrogen (secondary N) is 1. The molecule has 9 heteroatoms. The van der Waals surface area contributed by atoms with Crippen molar-refractivity contribution in [3.63, 3.8) is 0 Å². The minimum absolute atomic E-state index is 0.0607. The molecule has 0 atom stereocenters. The SMILES string of the molecule is Cc1ccc2nc(NC(=O)CSc3nnc(N4CCC(C)CC4)n3C3CC3)sc2c1. The number of carbonyl (C=O) groups excluding carboxylic acids is 1. The van der Waals surface area contributed by atoms with Crippen LogP contribution in [0.1, 0.15) is 44.2 Å². The standard InChI is InChI=1S/C21H26N6OS2/c1-13-7-9-26(10-8-13)20-24-25-21(27(20)15-4-5-15)29-12-18(28)23-19-22-16-6-3-14(2)11-17(16)30-19/h3,6,11,13,15H,4-5,7-10,12H2,1-2H3,(H,22,23,28). The zero-order chi connectivity index (χ0) is 20.7. The fourth-order valence-electron chi connectivity index (χ4n) is 3.81. The number of hydrogen-bond acceptors (Lipinski definition) is 7. The van der Waals surface area contributed by atoms with E-state index in [2.05, 4.69) is 49.9 Å². The minimum Gasteiger partial charge on any atom is -0.341 e. The van der Waals surface area contributed by atoms with Crippen LogP contribution in [-0.2, 0) is 4.79 Å². The summed E-state index contributed by atoms with van der Waals surface area (Å²) in [7, 11) is 0. The lowest BCUT2D eigenvalue weighted by molar-refractivity contribution is -0.113. The van der Waals surface area contributed by atoms with Gasteiger partial charge in [-0.05, 0) is 56.2 Å². The molecule has 0 bridgehead atoms. The fourth-order valence-corrected chi connectivity index (χ4v) is 5.60. The second-order valence-corrected chi connectivity index (χ2v) is 10.4. The van der Waals surface area contributed by atoms with Crippen molar-refractivity contribution in [3.05, 3.63) is 23.8 Å². The van der Waals surface area contributed by atoms with Gasteiger partial charge in [0.05, 0.1) is 16.0 Å². The summed E-state index contributed by atoms with van der Waals surface area (Å²) >= 11 is 2.98. The highest BCUT2D eigenvalue weighted by molar-refractivity contribution is 7.99. The second kappa shape index (κ2) is 8.19. The average molecular weight is 443 g/mol. The molecule has 1 aromatic carbocycles. The Morgan fingerprint density at radius 1 is 1.23 bits per heavy atom. The normalized spacial score (nSPS) is 17.6. The summed E-state index contributed by atoms with van der Waals surface area (Å²) in [5, 5.41) is 13.4. The van der Waals surface area contributed by atoms with E-state index in [1.54, 1.807) is 0 Å². The molecule has 1 saturated carbocycles. The van der Waals surface area contributed by atoms with E-state index in [4.69, 9.17) is 0 Å². The van der Waals surface area contributed by atoms with E-state index in [0.717, 1.165) is 40.3 Å². The van der Waals surface area contributed by atoms with Crippen LogP contribution in [0.5, 0.6) is 0 Å². The Labute approximate surface area is 184 Å². The Morgan fingerprint density at radius 3 is 2.80 bits per heavy atom. The van der Waals surface area contributed by atoms with Crippen molar-refractivity contribution >= 4 is 50.3 Å². The number of hydrogen-bond donors (Lipinski definition) is 1. The van der Waals surface area contributed by atoms with Gasteiger partial charge in [0.15, 0.2) is 10.3 Å². The molecule has 0 spiro atoms. The van der Waals surface area contributed by atoms with E-state index in [0.29, 0.717) is 16.9 Å². The van der Waals surface area contributed by atoms with Crippen LogP contribution in [0, 0.1) is 12.8 Å². The van der Waals surface area contributed by atoms with Crippen LogP contribution in [0.4, 0.5) is 11.1 Å². The summed E-state index contributed by atoms with van der Waals surface area (Å²) in [6.07, 6.45) is 4.73. The molecule has 1 saturated heterocycles. The molecule has 2 fully saturated rings. The zero-order valence-corrected chi connectivity index (χ0v) is 18.9. The molecular formula is C21H26N6OS2. The minimum atomic E-state index is -0.0607. The monoisotopic (exact) mass is 442 g/mol. The number of thioether (sulfide) groups is 1. The average Bonchev–Trinajstić information content (AvgIpc) is 3.35. The number of amides is 1. The number of carbonyl (C=O) groups is 1. The quantitative estimate of drug-likeness (QED) is 0.567. The third-order valence-corrected chi connectivity index (χ3v) is 7.62. The van der Waals surface area contributed by atoms with Gasteiger partial charge in [0, 0.05) is 19.1 Å². The highest BCUT2D eigenvalue weighted by atomic mass is 32.2. The summed E-state index contributed by atoms with van der Waals surface area (Å²) < 4.78 is 3.35. The van der Waals surface area contributed by atoms with Gasteiger partial charge in [-0.1, -0.05) is 36.1 Å². The summed E-state index contributed by atoms with van der Waals surface area (Å²) in [6.45, 7) is 6.45. The maximum absolute atomic E-state index is 12.5. The molecule has 30 heavy (non-hydrogen) atoms. The first-order valence-electron chi connectivity index (χ1n) is 10.6.